The lowest BCUT2D eigenvalue weighted by Crippen LogP contribution is -2.23. The van der Waals surface area contributed by atoms with Crippen LogP contribution in [0.25, 0.3) is 0 Å². The Kier molecular flexibility index (Phi) is 2.04. The summed E-state index contributed by atoms with van der Waals surface area (Å²) in [6.45, 7) is 0. The highest BCUT2D eigenvalue weighted by Gasteiger charge is 2.36. The van der Waals surface area contributed by atoms with E-state index in [1.807, 2.05) is 12.1 Å². The third-order valence-electron chi connectivity index (χ3n) is 2.75. The number of aliphatic hydroxyl groups is 1. The van der Waals surface area contributed by atoms with Gasteiger partial charge in [0, 0.05) is 0 Å². The van der Waals surface area contributed by atoms with Crippen LogP contribution in [-0.4, -0.2) is 18.5 Å². The maximum atomic E-state index is 10.8. The van der Waals surface area contributed by atoms with Crippen molar-refractivity contribution in [3.63, 3.8) is 0 Å². The highest BCUT2D eigenvalue weighted by Crippen LogP contribution is 2.37. The number of aryl methyl sites for hydroxylation is 1. The quantitative estimate of drug-likeness (QED) is 0.712. The summed E-state index contributed by atoms with van der Waals surface area (Å²) in [5.74, 6) is 0.672. The molecule has 1 aromatic carbocycles. The summed E-state index contributed by atoms with van der Waals surface area (Å²) in [5, 5.41) is 9.95. The van der Waals surface area contributed by atoms with Gasteiger partial charge in [0.1, 0.15) is 11.4 Å². The van der Waals surface area contributed by atoms with E-state index in [2.05, 4.69) is 0 Å². The Morgan fingerprint density at radius 2 is 2.36 bits per heavy atom. The third-order valence-corrected chi connectivity index (χ3v) is 2.75. The molecule has 0 radical (unpaired) electrons. The zero-order valence-electron chi connectivity index (χ0n) is 7.99. The zero-order valence-corrected chi connectivity index (χ0v) is 7.99. The summed E-state index contributed by atoms with van der Waals surface area (Å²) in [5.41, 5.74) is 0.413. The van der Waals surface area contributed by atoms with Crippen LogP contribution < -0.4 is 4.74 Å². The van der Waals surface area contributed by atoms with Gasteiger partial charge < -0.3 is 9.84 Å². The van der Waals surface area contributed by atoms with E-state index >= 15 is 0 Å². The van der Waals surface area contributed by atoms with Gasteiger partial charge in [0.25, 0.3) is 0 Å². The van der Waals surface area contributed by atoms with Crippen LogP contribution in [0.15, 0.2) is 18.2 Å². The zero-order chi connectivity index (χ0) is 10.2. The maximum absolute atomic E-state index is 10.8. The van der Waals surface area contributed by atoms with E-state index in [-0.39, 0.29) is 0 Å². The van der Waals surface area contributed by atoms with Gasteiger partial charge >= 0.3 is 0 Å². The maximum Gasteiger partial charge on any atom is 0.156 e. The largest absolute Gasteiger partial charge is 0.497 e. The SMILES string of the molecule is COc1ccc2c(c1)C(O)(C=O)CC2. The molecule has 0 saturated carbocycles. The van der Waals surface area contributed by atoms with Crippen LogP contribution in [0.3, 0.4) is 0 Å². The highest BCUT2D eigenvalue weighted by molar-refractivity contribution is 5.69. The molecule has 1 aliphatic rings. The van der Waals surface area contributed by atoms with Crippen molar-refractivity contribution in [2.45, 2.75) is 18.4 Å². The highest BCUT2D eigenvalue weighted by atomic mass is 16.5. The number of carbonyl (C=O) groups is 1. The Labute approximate surface area is 82.3 Å². The van der Waals surface area contributed by atoms with E-state index in [9.17, 15) is 9.90 Å². The molecule has 1 N–H and O–H groups in total. The van der Waals surface area contributed by atoms with Crippen LogP contribution >= 0.6 is 0 Å². The van der Waals surface area contributed by atoms with Crippen LogP contribution in [-0.2, 0) is 16.8 Å². The molecule has 0 aromatic heterocycles. The van der Waals surface area contributed by atoms with Gasteiger partial charge in [0.05, 0.1) is 7.11 Å². The van der Waals surface area contributed by atoms with Crippen molar-refractivity contribution in [2.24, 2.45) is 0 Å². The van der Waals surface area contributed by atoms with E-state index in [0.717, 1.165) is 12.0 Å². The predicted octanol–water partition coefficient (Wildman–Crippen LogP) is 1.03. The normalized spacial score (nSPS) is 24.4. The van der Waals surface area contributed by atoms with Gasteiger partial charge in [-0.05, 0) is 36.1 Å². The molecule has 1 aromatic rings. The predicted molar refractivity (Wildman–Crippen MR) is 51.3 cm³/mol. The number of carbonyl (C=O) groups excluding carboxylic acids is 1. The Hall–Kier alpha value is -1.35. The number of benzene rings is 1. The van der Waals surface area contributed by atoms with E-state index in [0.29, 0.717) is 24.0 Å². The lowest BCUT2D eigenvalue weighted by Gasteiger charge is -2.16. The van der Waals surface area contributed by atoms with E-state index < -0.39 is 5.60 Å². The molecule has 2 rings (SSSR count). The number of aldehydes is 1. The number of fused-ring (bicyclic) bond motifs is 1. The van der Waals surface area contributed by atoms with Gasteiger partial charge in [0.15, 0.2) is 6.29 Å². The van der Waals surface area contributed by atoms with Crippen molar-refractivity contribution in [1.29, 1.82) is 0 Å². The minimum atomic E-state index is -1.30. The lowest BCUT2D eigenvalue weighted by atomic mass is 9.98. The molecule has 74 valence electrons. The minimum absolute atomic E-state index is 0.471. The second kappa shape index (κ2) is 3.10. The van der Waals surface area contributed by atoms with Gasteiger partial charge in [-0.2, -0.15) is 0 Å². The van der Waals surface area contributed by atoms with Gasteiger partial charge in [-0.15, -0.1) is 0 Å². The first kappa shape index (κ1) is 9.21. The summed E-state index contributed by atoms with van der Waals surface area (Å²) in [4.78, 5) is 10.8. The first-order valence-electron chi connectivity index (χ1n) is 4.56. The molecule has 0 amide bonds. The van der Waals surface area contributed by atoms with Crippen LogP contribution in [0.5, 0.6) is 5.75 Å². The molecular weight excluding hydrogens is 180 g/mol. The number of hydrogen-bond acceptors (Lipinski definition) is 3. The Morgan fingerprint density at radius 3 is 3.00 bits per heavy atom. The molecule has 1 atom stereocenters. The van der Waals surface area contributed by atoms with Gasteiger partial charge in [0.2, 0.25) is 0 Å². The number of rotatable bonds is 2. The average Bonchev–Trinajstić information content (AvgIpc) is 2.57. The summed E-state index contributed by atoms with van der Waals surface area (Å²) >= 11 is 0. The molecule has 0 bridgehead atoms. The molecule has 0 saturated heterocycles. The second-order valence-corrected chi connectivity index (χ2v) is 3.57. The average molecular weight is 192 g/mol. The Balaban J connectivity index is 2.52. The molecule has 3 nitrogen and oxygen atoms in total. The lowest BCUT2D eigenvalue weighted by molar-refractivity contribution is -0.124. The van der Waals surface area contributed by atoms with Crippen molar-refractivity contribution in [1.82, 2.24) is 0 Å². The van der Waals surface area contributed by atoms with Crippen LogP contribution in [0, 0.1) is 0 Å². The Morgan fingerprint density at radius 1 is 1.57 bits per heavy atom. The topological polar surface area (TPSA) is 46.5 Å². The van der Waals surface area contributed by atoms with Gasteiger partial charge in [-0.3, -0.25) is 4.79 Å². The monoisotopic (exact) mass is 192 g/mol. The Bertz CT molecular complexity index is 373. The third kappa shape index (κ3) is 1.21. The fraction of sp³-hybridized carbons (Fsp3) is 0.364. The number of hydrogen-bond donors (Lipinski definition) is 1. The first-order valence-corrected chi connectivity index (χ1v) is 4.56. The molecule has 0 aliphatic heterocycles. The molecule has 0 heterocycles. The molecular formula is C11H12O3. The molecule has 1 unspecified atom stereocenters. The van der Waals surface area contributed by atoms with Crippen molar-refractivity contribution >= 4 is 6.29 Å². The fourth-order valence-electron chi connectivity index (χ4n) is 1.89. The molecule has 14 heavy (non-hydrogen) atoms. The molecule has 0 fully saturated rings. The van der Waals surface area contributed by atoms with Crippen LogP contribution in [0.2, 0.25) is 0 Å². The number of methoxy groups -OCH3 is 1. The van der Waals surface area contributed by atoms with E-state index in [1.54, 1.807) is 13.2 Å². The number of ether oxygens (including phenoxy) is 1. The fourth-order valence-corrected chi connectivity index (χ4v) is 1.89. The van der Waals surface area contributed by atoms with Crippen LogP contribution in [0.1, 0.15) is 17.5 Å². The van der Waals surface area contributed by atoms with Gasteiger partial charge in [-0.1, -0.05) is 6.07 Å². The first-order chi connectivity index (χ1) is 6.69. The van der Waals surface area contributed by atoms with Crippen molar-refractivity contribution in [3.05, 3.63) is 29.3 Å². The van der Waals surface area contributed by atoms with E-state index in [1.165, 1.54) is 0 Å². The molecule has 3 heteroatoms. The smallest absolute Gasteiger partial charge is 0.156 e. The molecule has 1 aliphatic carbocycles. The standard InChI is InChI=1S/C11H12O3/c1-14-9-3-2-8-4-5-11(13,7-12)10(8)6-9/h2-3,6-7,13H,4-5H2,1H3. The summed E-state index contributed by atoms with van der Waals surface area (Å²) in [6.07, 6.45) is 1.83. The molecule has 0 spiro atoms. The summed E-state index contributed by atoms with van der Waals surface area (Å²) < 4.78 is 5.05. The minimum Gasteiger partial charge on any atom is -0.497 e. The van der Waals surface area contributed by atoms with Crippen molar-refractivity contribution in [2.75, 3.05) is 7.11 Å². The van der Waals surface area contributed by atoms with Crippen molar-refractivity contribution < 1.29 is 14.6 Å². The van der Waals surface area contributed by atoms with E-state index in [4.69, 9.17) is 4.74 Å². The second-order valence-electron chi connectivity index (χ2n) is 3.57. The summed E-state index contributed by atoms with van der Waals surface area (Å²) in [6, 6.07) is 5.47. The van der Waals surface area contributed by atoms with Crippen LogP contribution in [0.4, 0.5) is 0 Å². The summed E-state index contributed by atoms with van der Waals surface area (Å²) in [7, 11) is 1.57. The van der Waals surface area contributed by atoms with Crippen molar-refractivity contribution in [3.8, 4) is 5.75 Å². The van der Waals surface area contributed by atoms with Gasteiger partial charge in [-0.25, -0.2) is 0 Å².